The molecule has 4 atom stereocenters. The molecule has 5 aromatic carbocycles. The van der Waals surface area contributed by atoms with Gasteiger partial charge in [-0.15, -0.1) is 0 Å². The second-order valence-corrected chi connectivity index (χ2v) is 26.7. The summed E-state index contributed by atoms with van der Waals surface area (Å²) in [6.07, 6.45) is 6.84. The molecule has 0 unspecified atom stereocenters. The van der Waals surface area contributed by atoms with E-state index in [0.717, 1.165) is 64.5 Å². The minimum absolute atomic E-state index is 0.0175. The zero-order valence-electron chi connectivity index (χ0n) is 53.7. The van der Waals surface area contributed by atoms with Gasteiger partial charge < -0.3 is 57.3 Å². The third-order valence-electron chi connectivity index (χ3n) is 17.4. The van der Waals surface area contributed by atoms with Crippen LogP contribution < -0.4 is 32.7 Å². The number of primary amides is 1. The van der Waals surface area contributed by atoms with Crippen LogP contribution in [0.5, 0.6) is 0 Å². The Morgan fingerprint density at radius 2 is 1.03 bits per heavy atom. The van der Waals surface area contributed by atoms with E-state index < -0.39 is 67.4 Å². The average Bonchev–Trinajstić information content (AvgIpc) is 1.73. The molecule has 6 aromatic rings. The number of para-hydroxylation sites is 1. The van der Waals surface area contributed by atoms with Gasteiger partial charge in [-0.3, -0.25) is 43.2 Å². The molecule has 0 spiro atoms. The molecule has 0 saturated heterocycles. The minimum Gasteiger partial charge on any atom is -0.368 e. The summed E-state index contributed by atoms with van der Waals surface area (Å²) in [4.78, 5) is 139. The van der Waals surface area contributed by atoms with Gasteiger partial charge in [0.15, 0.2) is 0 Å². The lowest BCUT2D eigenvalue weighted by atomic mass is 10.0. The van der Waals surface area contributed by atoms with Crippen molar-refractivity contribution < 1.29 is 43.2 Å². The van der Waals surface area contributed by atoms with E-state index in [1.165, 1.54) is 31.4 Å². The number of fused-ring (bicyclic) bond motifs is 30. The normalized spacial score (nSPS) is 19.9. The van der Waals surface area contributed by atoms with E-state index >= 15 is 0 Å². The summed E-state index contributed by atoms with van der Waals surface area (Å²) in [6.45, 7) is -1.37. The van der Waals surface area contributed by atoms with E-state index in [2.05, 4.69) is 26.3 Å². The zero-order valence-corrected chi connectivity index (χ0v) is 54.5. The molecule has 1 aromatic heterocycles. The van der Waals surface area contributed by atoms with Crippen LogP contribution in [0.25, 0.3) is 10.9 Å². The Morgan fingerprint density at radius 3 is 1.57 bits per heavy atom. The number of nitrogens with one attached hydrogen (secondary N) is 5. The maximum absolute atomic E-state index is 14.9. The first-order chi connectivity index (χ1) is 45.6. The van der Waals surface area contributed by atoms with Crippen molar-refractivity contribution in [1.82, 2.24) is 45.9 Å². The third-order valence-corrected chi connectivity index (χ3v) is 18.4. The number of aromatic nitrogens is 1. The first-order valence-electron chi connectivity index (χ1n) is 33.2. The predicted molar refractivity (Wildman–Crippen MR) is 364 cm³/mol. The van der Waals surface area contributed by atoms with Crippen LogP contribution in [0, 0.1) is 11.8 Å². The number of carbonyl (C=O) groups is 9. The third kappa shape index (κ3) is 23.3. The second kappa shape index (κ2) is 35.4. The van der Waals surface area contributed by atoms with Crippen LogP contribution in [-0.4, -0.2) is 167 Å². The molecule has 2 aliphatic heterocycles. The van der Waals surface area contributed by atoms with Crippen molar-refractivity contribution in [3.63, 3.8) is 0 Å². The van der Waals surface area contributed by atoms with Crippen molar-refractivity contribution in [2.24, 2.45) is 23.3 Å². The summed E-state index contributed by atoms with van der Waals surface area (Å²) in [5.41, 5.74) is 17.4. The van der Waals surface area contributed by atoms with Gasteiger partial charge in [-0.05, 0) is 128 Å². The second-order valence-electron chi connectivity index (χ2n) is 25.6. The number of nitrogens with two attached hydrogens (primary N) is 2. The largest absolute Gasteiger partial charge is 0.368 e. The van der Waals surface area contributed by atoms with Gasteiger partial charge in [0.25, 0.3) is 5.91 Å². The summed E-state index contributed by atoms with van der Waals surface area (Å²) in [7, 11) is 0. The smallest absolute Gasteiger partial charge is 0.251 e. The number of aromatic amines is 1. The Kier molecular flexibility index (Phi) is 26.2. The topological polar surface area (TPSA) is 283 Å². The van der Waals surface area contributed by atoms with Gasteiger partial charge in [-0.25, -0.2) is 0 Å². The van der Waals surface area contributed by atoms with E-state index in [1.54, 1.807) is 12.1 Å². The summed E-state index contributed by atoms with van der Waals surface area (Å²) < 4.78 is 0. The van der Waals surface area contributed by atoms with Gasteiger partial charge in [-0.1, -0.05) is 128 Å². The van der Waals surface area contributed by atoms with Crippen LogP contribution in [0.3, 0.4) is 0 Å². The van der Waals surface area contributed by atoms with Crippen LogP contribution in [0.15, 0.2) is 146 Å². The van der Waals surface area contributed by atoms with Gasteiger partial charge in [0.2, 0.25) is 47.3 Å². The summed E-state index contributed by atoms with van der Waals surface area (Å²) in [6, 6.07) is 42.7. The quantitative estimate of drug-likeness (QED) is 0.0352. The van der Waals surface area contributed by atoms with Crippen molar-refractivity contribution in [1.29, 1.82) is 0 Å². The van der Waals surface area contributed by atoms with Crippen molar-refractivity contribution in [3.05, 3.63) is 179 Å². The molecule has 2 bridgehead atoms. The van der Waals surface area contributed by atoms with Gasteiger partial charge in [0.05, 0.1) is 44.3 Å². The molecule has 2 aliphatic carbocycles. The Morgan fingerprint density at radius 1 is 0.532 bits per heavy atom. The lowest BCUT2D eigenvalue weighted by Gasteiger charge is -2.32. The predicted octanol–water partition coefficient (Wildman–Crippen LogP) is 6.25. The van der Waals surface area contributed by atoms with Crippen LogP contribution in [-0.2, 0) is 69.8 Å². The molecule has 2 fully saturated rings. The highest BCUT2D eigenvalue weighted by Gasteiger charge is 2.34. The SMILES string of the molecule is NCCCC[C@H]1CN(C(=O)CCc2ccccc2)CC(=O)N[C@@H](Cc2ccccc2)CN(CC(N)=O)C(=O)CCSCc2ccc(cc2)C(=O)N[C@@H](Cc2ccccc2)CN(C(=O)CC2CC2)CC(=O)N[C@@H](Cc2cc3ccccc3[nH]2)CN(C(=O)CC2CC2)CC(=O)N1. The minimum atomic E-state index is -0.768. The maximum atomic E-state index is 14.9. The number of rotatable bonds is 19. The van der Waals surface area contributed by atoms with Crippen LogP contribution >= 0.6 is 11.8 Å². The molecule has 4 aliphatic rings. The number of carbonyl (C=O) groups excluding carboxylic acids is 9. The lowest BCUT2D eigenvalue weighted by Crippen LogP contribution is -2.55. The highest BCUT2D eigenvalue weighted by atomic mass is 32.2. The molecule has 9 N–H and O–H groups in total. The number of aryl methyl sites for hydroxylation is 1. The van der Waals surface area contributed by atoms with E-state index in [9.17, 15) is 43.2 Å². The zero-order chi connectivity index (χ0) is 66.2. The first kappa shape index (κ1) is 69.5. The van der Waals surface area contributed by atoms with Crippen molar-refractivity contribution in [2.75, 3.05) is 64.7 Å². The Labute approximate surface area is 555 Å². The Bertz CT molecular complexity index is 3460. The Hall–Kier alpha value is -8.82. The summed E-state index contributed by atoms with van der Waals surface area (Å²) in [5.74, 6) is -2.57. The molecule has 0 radical (unpaired) electrons. The molecular formula is C73H91N11O9S. The highest BCUT2D eigenvalue weighted by molar-refractivity contribution is 7.98. The Balaban J connectivity index is 1.05. The number of nitrogens with zero attached hydrogens (tertiary/aromatic N) is 4. The van der Waals surface area contributed by atoms with Crippen molar-refractivity contribution in [2.45, 2.75) is 126 Å². The first-order valence-corrected chi connectivity index (χ1v) is 34.4. The van der Waals surface area contributed by atoms with Crippen LogP contribution in [0.2, 0.25) is 0 Å². The molecule has 20 nitrogen and oxygen atoms in total. The van der Waals surface area contributed by atoms with Crippen molar-refractivity contribution in [3.8, 4) is 0 Å². The fraction of sp³-hybridized carbons (Fsp3) is 0.438. The van der Waals surface area contributed by atoms with E-state index in [-0.39, 0.29) is 113 Å². The molecule has 498 valence electrons. The number of thioether (sulfide) groups is 1. The maximum Gasteiger partial charge on any atom is 0.251 e. The van der Waals surface area contributed by atoms with Crippen LogP contribution in [0.4, 0.5) is 0 Å². The summed E-state index contributed by atoms with van der Waals surface area (Å²) >= 11 is 1.50. The van der Waals surface area contributed by atoms with Gasteiger partial charge in [0, 0.05) is 92.6 Å². The van der Waals surface area contributed by atoms with Gasteiger partial charge in [-0.2, -0.15) is 11.8 Å². The standard InChI is InChI=1S/C73H91N11O9S/c74-34-13-12-21-59-42-82(69(89)32-29-51-14-4-1-5-15-51)47-67(87)78-61(36-52-16-6-2-7-17-52)43-81(46-65(75)85)70(90)33-35-94-50-56-27-30-57(31-28-56)73(93)80-62(37-53-18-8-3-9-19-53)44-83(71(91)38-54-23-24-54)49-68(88)79-63(41-60-40-58-20-10-11-22-64(58)76-60)45-84(48-66(86)77-59)72(92)39-55-25-26-55/h1-11,14-20,22,27-28,30-31,40,54-55,59,61-63,76H,12-13,21,23-26,29,32-39,41-50,74H2,(H2,75,85)(H,77,86)(H,78,87)(H,79,88)(H,80,93)/t59-,61-,62-,63-/m0/s1. The molecule has 94 heavy (non-hydrogen) atoms. The van der Waals surface area contributed by atoms with E-state index in [4.69, 9.17) is 11.5 Å². The number of amides is 9. The summed E-state index contributed by atoms with van der Waals surface area (Å²) in [5, 5.41) is 13.6. The molecule has 2 saturated carbocycles. The highest BCUT2D eigenvalue weighted by Crippen LogP contribution is 2.34. The molecule has 10 rings (SSSR count). The molecular weight excluding hydrogens is 1210 g/mol. The lowest BCUT2D eigenvalue weighted by molar-refractivity contribution is -0.139. The molecule has 3 heterocycles. The fourth-order valence-corrected chi connectivity index (χ4v) is 13.0. The number of unbranched alkanes of at least 4 members (excludes halogenated alkanes) is 1. The average molecular weight is 1300 g/mol. The van der Waals surface area contributed by atoms with Crippen LogP contribution in [0.1, 0.15) is 109 Å². The number of H-pyrrole nitrogens is 1. The van der Waals surface area contributed by atoms with E-state index in [1.807, 2.05) is 133 Å². The molecule has 9 amide bonds. The number of benzene rings is 5. The molecule has 21 heteroatoms. The van der Waals surface area contributed by atoms with Gasteiger partial charge in [0.1, 0.15) is 0 Å². The van der Waals surface area contributed by atoms with Crippen molar-refractivity contribution >= 4 is 75.8 Å². The number of hydrogen-bond acceptors (Lipinski definition) is 11. The number of hydrogen-bond donors (Lipinski definition) is 7. The fourth-order valence-electron chi connectivity index (χ4n) is 12.1. The van der Waals surface area contributed by atoms with Gasteiger partial charge >= 0.3 is 0 Å². The monoisotopic (exact) mass is 1300 g/mol. The van der Waals surface area contributed by atoms with E-state index in [0.29, 0.717) is 55.7 Å².